The van der Waals surface area contributed by atoms with Gasteiger partial charge in [0.15, 0.2) is 0 Å². The van der Waals surface area contributed by atoms with Crippen LogP contribution in [0.5, 0.6) is 0 Å². The molecule has 1 atom stereocenters. The van der Waals surface area contributed by atoms with Crippen molar-refractivity contribution in [2.75, 3.05) is 0 Å². The van der Waals surface area contributed by atoms with Gasteiger partial charge < -0.3 is 5.11 Å². The third-order valence-corrected chi connectivity index (χ3v) is 3.56. The Morgan fingerprint density at radius 2 is 1.90 bits per heavy atom. The summed E-state index contributed by atoms with van der Waals surface area (Å²) in [6.45, 7) is 6.86. The van der Waals surface area contributed by atoms with Gasteiger partial charge in [0.1, 0.15) is 12.2 Å². The van der Waals surface area contributed by atoms with E-state index >= 15 is 0 Å². The molecule has 4 heteroatoms. The van der Waals surface area contributed by atoms with Crippen LogP contribution in [0.2, 0.25) is 0 Å². The molecule has 0 radical (unpaired) electrons. The molecule has 0 fully saturated rings. The summed E-state index contributed by atoms with van der Waals surface area (Å²) in [5.74, 6) is 1.45. The summed E-state index contributed by atoms with van der Waals surface area (Å²) < 4.78 is 1.80. The lowest BCUT2D eigenvalue weighted by molar-refractivity contribution is 0.144. The molecule has 2 rings (SSSR count). The molecular weight excluding hydrogens is 250 g/mol. The Bertz CT molecular complexity index is 531. The lowest BCUT2D eigenvalue weighted by Crippen LogP contribution is -2.18. The Balaban J connectivity index is 2.08. The van der Waals surface area contributed by atoms with Gasteiger partial charge in [-0.25, -0.2) is 9.67 Å². The van der Waals surface area contributed by atoms with E-state index in [9.17, 15) is 5.11 Å². The van der Waals surface area contributed by atoms with E-state index in [1.165, 1.54) is 11.1 Å². The molecular formula is C16H23N3O. The van der Waals surface area contributed by atoms with Gasteiger partial charge in [-0.3, -0.25) is 0 Å². The SMILES string of the molecule is CCC(O)Cn1ncnc1Cc1ccc(C(C)C)cc1. The fourth-order valence-electron chi connectivity index (χ4n) is 2.11. The van der Waals surface area contributed by atoms with E-state index in [1.807, 2.05) is 6.92 Å². The van der Waals surface area contributed by atoms with Crippen molar-refractivity contribution in [3.05, 3.63) is 47.5 Å². The second kappa shape index (κ2) is 6.66. The van der Waals surface area contributed by atoms with Crippen molar-refractivity contribution in [2.45, 2.75) is 52.2 Å². The van der Waals surface area contributed by atoms with Gasteiger partial charge in [-0.05, 0) is 23.5 Å². The van der Waals surface area contributed by atoms with Crippen LogP contribution in [0.4, 0.5) is 0 Å². The number of rotatable bonds is 6. The summed E-state index contributed by atoms with van der Waals surface area (Å²) in [6.07, 6.45) is 2.66. The quantitative estimate of drug-likeness (QED) is 0.880. The fraction of sp³-hybridized carbons (Fsp3) is 0.500. The average molecular weight is 273 g/mol. The molecule has 0 saturated carbocycles. The zero-order valence-corrected chi connectivity index (χ0v) is 12.5. The maximum Gasteiger partial charge on any atom is 0.138 e. The van der Waals surface area contributed by atoms with Crippen LogP contribution in [-0.4, -0.2) is 26.0 Å². The minimum absolute atomic E-state index is 0.362. The van der Waals surface area contributed by atoms with Gasteiger partial charge >= 0.3 is 0 Å². The second-order valence-corrected chi connectivity index (χ2v) is 5.49. The van der Waals surface area contributed by atoms with Crippen molar-refractivity contribution >= 4 is 0 Å². The zero-order chi connectivity index (χ0) is 14.5. The van der Waals surface area contributed by atoms with Crippen LogP contribution < -0.4 is 0 Å². The maximum atomic E-state index is 9.73. The molecule has 1 N–H and O–H groups in total. The topological polar surface area (TPSA) is 50.9 Å². The molecule has 1 aromatic heterocycles. The van der Waals surface area contributed by atoms with Crippen molar-refractivity contribution in [3.8, 4) is 0 Å². The van der Waals surface area contributed by atoms with Crippen LogP contribution in [0.15, 0.2) is 30.6 Å². The van der Waals surface area contributed by atoms with E-state index < -0.39 is 0 Å². The van der Waals surface area contributed by atoms with Crippen LogP contribution in [0.3, 0.4) is 0 Å². The maximum absolute atomic E-state index is 9.73. The van der Waals surface area contributed by atoms with Crippen molar-refractivity contribution in [1.82, 2.24) is 14.8 Å². The highest BCUT2D eigenvalue weighted by Gasteiger charge is 2.09. The molecule has 2 aromatic rings. The molecule has 0 aliphatic heterocycles. The smallest absolute Gasteiger partial charge is 0.138 e. The summed E-state index contributed by atoms with van der Waals surface area (Å²) in [4.78, 5) is 4.30. The number of aliphatic hydroxyl groups excluding tert-OH is 1. The molecule has 0 aliphatic carbocycles. The number of hydrogen-bond donors (Lipinski definition) is 1. The highest BCUT2D eigenvalue weighted by molar-refractivity contribution is 5.26. The van der Waals surface area contributed by atoms with E-state index in [2.05, 4.69) is 48.2 Å². The Morgan fingerprint density at radius 3 is 2.50 bits per heavy atom. The minimum atomic E-state index is -0.362. The first kappa shape index (κ1) is 14.7. The summed E-state index contributed by atoms with van der Waals surface area (Å²) in [7, 11) is 0. The highest BCUT2D eigenvalue weighted by Crippen LogP contribution is 2.16. The van der Waals surface area contributed by atoms with Crippen LogP contribution in [-0.2, 0) is 13.0 Å². The van der Waals surface area contributed by atoms with Crippen LogP contribution in [0, 0.1) is 0 Å². The van der Waals surface area contributed by atoms with Crippen molar-refractivity contribution in [1.29, 1.82) is 0 Å². The Kier molecular flexibility index (Phi) is 4.90. The van der Waals surface area contributed by atoms with Crippen LogP contribution >= 0.6 is 0 Å². The van der Waals surface area contributed by atoms with E-state index in [0.717, 1.165) is 18.7 Å². The Hall–Kier alpha value is -1.68. The van der Waals surface area contributed by atoms with E-state index in [-0.39, 0.29) is 6.10 Å². The molecule has 108 valence electrons. The molecule has 1 unspecified atom stereocenters. The molecule has 20 heavy (non-hydrogen) atoms. The van der Waals surface area contributed by atoms with Crippen molar-refractivity contribution in [2.24, 2.45) is 0 Å². The number of aromatic nitrogens is 3. The molecule has 0 aliphatic rings. The normalized spacial score (nSPS) is 12.8. The third kappa shape index (κ3) is 3.67. The van der Waals surface area contributed by atoms with E-state index in [1.54, 1.807) is 11.0 Å². The first-order chi connectivity index (χ1) is 9.60. The average Bonchev–Trinajstić information content (AvgIpc) is 2.86. The first-order valence-electron chi connectivity index (χ1n) is 7.23. The molecule has 0 spiro atoms. The van der Waals surface area contributed by atoms with Gasteiger partial charge in [0.05, 0.1) is 12.6 Å². The van der Waals surface area contributed by atoms with Gasteiger partial charge in [-0.15, -0.1) is 0 Å². The standard InChI is InChI=1S/C16H23N3O/c1-4-15(20)10-19-16(17-11-18-19)9-13-5-7-14(8-6-13)12(2)3/h5-8,11-12,15,20H,4,9-10H2,1-3H3. The van der Waals surface area contributed by atoms with Gasteiger partial charge in [-0.1, -0.05) is 45.0 Å². The molecule has 0 saturated heterocycles. The van der Waals surface area contributed by atoms with Crippen LogP contribution in [0.1, 0.15) is 50.1 Å². The van der Waals surface area contributed by atoms with Crippen LogP contribution in [0.25, 0.3) is 0 Å². The third-order valence-electron chi connectivity index (χ3n) is 3.56. The van der Waals surface area contributed by atoms with Gasteiger partial charge in [0.2, 0.25) is 0 Å². The molecule has 0 bridgehead atoms. The second-order valence-electron chi connectivity index (χ2n) is 5.49. The number of nitrogens with zero attached hydrogens (tertiary/aromatic N) is 3. The van der Waals surface area contributed by atoms with Crippen molar-refractivity contribution in [3.63, 3.8) is 0 Å². The Morgan fingerprint density at radius 1 is 1.20 bits per heavy atom. The monoisotopic (exact) mass is 273 g/mol. The molecule has 1 aromatic carbocycles. The van der Waals surface area contributed by atoms with E-state index in [0.29, 0.717) is 12.5 Å². The predicted molar refractivity (Wildman–Crippen MR) is 79.7 cm³/mol. The number of aliphatic hydroxyl groups is 1. The zero-order valence-electron chi connectivity index (χ0n) is 12.5. The highest BCUT2D eigenvalue weighted by atomic mass is 16.3. The summed E-state index contributed by atoms with van der Waals surface area (Å²) in [5, 5.41) is 13.9. The first-order valence-corrected chi connectivity index (χ1v) is 7.23. The van der Waals surface area contributed by atoms with Crippen molar-refractivity contribution < 1.29 is 5.11 Å². The predicted octanol–water partition coefficient (Wildman–Crippen LogP) is 2.76. The summed E-state index contributed by atoms with van der Waals surface area (Å²) >= 11 is 0. The van der Waals surface area contributed by atoms with E-state index in [4.69, 9.17) is 0 Å². The molecule has 1 heterocycles. The minimum Gasteiger partial charge on any atom is -0.391 e. The Labute approximate surface area is 120 Å². The van der Waals surface area contributed by atoms with Gasteiger partial charge in [0, 0.05) is 6.42 Å². The lowest BCUT2D eigenvalue weighted by Gasteiger charge is -2.11. The largest absolute Gasteiger partial charge is 0.391 e. The van der Waals surface area contributed by atoms with Gasteiger partial charge in [-0.2, -0.15) is 5.10 Å². The summed E-state index contributed by atoms with van der Waals surface area (Å²) in [5.41, 5.74) is 2.56. The number of benzene rings is 1. The fourth-order valence-corrected chi connectivity index (χ4v) is 2.11. The van der Waals surface area contributed by atoms with Gasteiger partial charge in [0.25, 0.3) is 0 Å². The molecule has 4 nitrogen and oxygen atoms in total. The lowest BCUT2D eigenvalue weighted by atomic mass is 10.0. The number of hydrogen-bond acceptors (Lipinski definition) is 3. The summed E-state index contributed by atoms with van der Waals surface area (Å²) in [6, 6.07) is 8.62. The molecule has 0 amide bonds.